The Balaban J connectivity index is 1.73. The van der Waals surface area contributed by atoms with Crippen molar-refractivity contribution >= 4 is 42.8 Å². The van der Waals surface area contributed by atoms with Gasteiger partial charge in [0.05, 0.1) is 0 Å². The summed E-state index contributed by atoms with van der Waals surface area (Å²) in [5.74, 6) is 0. The van der Waals surface area contributed by atoms with Crippen LogP contribution in [0.3, 0.4) is 0 Å². The van der Waals surface area contributed by atoms with Gasteiger partial charge in [-0.25, -0.2) is 0 Å². The minimum absolute atomic E-state index is 1.18. The van der Waals surface area contributed by atoms with Crippen molar-refractivity contribution in [2.45, 2.75) is 6.92 Å². The Morgan fingerprint density at radius 1 is 0.680 bits per heavy atom. The van der Waals surface area contributed by atoms with E-state index in [-0.39, 0.29) is 0 Å². The molecule has 0 N–H and O–H groups in total. The molecule has 0 aliphatic heterocycles. The first-order valence-corrected chi connectivity index (χ1v) is 10.0. The second-order valence-corrected chi connectivity index (χ2v) is 8.10. The fourth-order valence-corrected chi connectivity index (χ4v) is 5.30. The summed E-state index contributed by atoms with van der Waals surface area (Å²) in [6.45, 7) is 2.17. The molecule has 0 nitrogen and oxygen atoms in total. The molecule has 119 valence electrons. The highest BCUT2D eigenvalue weighted by Crippen LogP contribution is 2.38. The summed E-state index contributed by atoms with van der Waals surface area (Å²) in [6.07, 6.45) is 0. The molecule has 0 unspecified atom stereocenters. The smallest absolute Gasteiger partial charge is 0.0349 e. The van der Waals surface area contributed by atoms with Crippen molar-refractivity contribution in [3.05, 3.63) is 83.1 Å². The first-order chi connectivity index (χ1) is 12.3. The van der Waals surface area contributed by atoms with Crippen molar-refractivity contribution in [3.63, 3.8) is 0 Å². The van der Waals surface area contributed by atoms with Gasteiger partial charge in [-0.2, -0.15) is 0 Å². The number of benzene rings is 3. The van der Waals surface area contributed by atoms with Gasteiger partial charge < -0.3 is 0 Å². The molecule has 0 saturated carbocycles. The largest absolute Gasteiger partial charge is 0.143 e. The molecule has 1 radical (unpaired) electrons. The van der Waals surface area contributed by atoms with Crippen LogP contribution >= 0.6 is 22.7 Å². The third-order valence-corrected chi connectivity index (χ3v) is 6.48. The molecule has 0 amide bonds. The number of aryl methyl sites for hydroxylation is 1. The lowest BCUT2D eigenvalue weighted by atomic mass is 9.96. The van der Waals surface area contributed by atoms with Crippen LogP contribution in [0, 0.1) is 13.0 Å². The molecular formula is C23H15S2. The molecule has 5 rings (SSSR count). The molecular weight excluding hydrogens is 340 g/mol. The fourth-order valence-electron chi connectivity index (χ4n) is 3.38. The zero-order valence-electron chi connectivity index (χ0n) is 13.7. The molecule has 0 atom stereocenters. The van der Waals surface area contributed by atoms with E-state index in [1.807, 2.05) is 0 Å². The summed E-state index contributed by atoms with van der Waals surface area (Å²) in [5.41, 5.74) is 6.20. The molecule has 2 heteroatoms. The standard InChI is InChI=1S/C23H15S2/c1-15-10-16(20-13-24-22-8-4-2-6-18(20)22)12-17(11-15)21-14-25-23-9-5-3-7-19(21)23/h2-11,13-14H,1H3. The van der Waals surface area contributed by atoms with Crippen molar-refractivity contribution in [3.8, 4) is 22.3 Å². The molecule has 3 aromatic carbocycles. The van der Waals surface area contributed by atoms with Crippen LogP contribution in [0.4, 0.5) is 0 Å². The quantitative estimate of drug-likeness (QED) is 0.306. The van der Waals surface area contributed by atoms with Gasteiger partial charge in [-0.05, 0) is 52.6 Å². The number of rotatable bonds is 2. The van der Waals surface area contributed by atoms with Gasteiger partial charge in [0.25, 0.3) is 0 Å². The zero-order chi connectivity index (χ0) is 16.8. The highest BCUT2D eigenvalue weighted by Gasteiger charge is 2.11. The zero-order valence-corrected chi connectivity index (χ0v) is 15.4. The first-order valence-electron chi connectivity index (χ1n) is 8.27. The van der Waals surface area contributed by atoms with E-state index >= 15 is 0 Å². The van der Waals surface area contributed by atoms with Crippen molar-refractivity contribution in [2.24, 2.45) is 0 Å². The second kappa shape index (κ2) is 5.83. The van der Waals surface area contributed by atoms with Crippen LogP contribution < -0.4 is 0 Å². The fraction of sp³-hybridized carbons (Fsp3) is 0.0435. The molecule has 0 bridgehead atoms. The number of hydrogen-bond acceptors (Lipinski definition) is 2. The maximum absolute atomic E-state index is 3.69. The van der Waals surface area contributed by atoms with Gasteiger partial charge in [-0.15, -0.1) is 22.7 Å². The lowest BCUT2D eigenvalue weighted by Crippen LogP contribution is -1.84. The van der Waals surface area contributed by atoms with Crippen LogP contribution in [-0.4, -0.2) is 0 Å². The van der Waals surface area contributed by atoms with Gasteiger partial charge in [-0.1, -0.05) is 48.5 Å². The lowest BCUT2D eigenvalue weighted by molar-refractivity contribution is 1.47. The Labute approximate surface area is 155 Å². The van der Waals surface area contributed by atoms with Crippen molar-refractivity contribution in [1.29, 1.82) is 0 Å². The summed E-state index contributed by atoms with van der Waals surface area (Å²) in [4.78, 5) is 0. The molecule has 0 fully saturated rings. The molecule has 2 heterocycles. The Bertz CT molecular complexity index is 1110. The van der Waals surface area contributed by atoms with Gasteiger partial charge in [0.1, 0.15) is 0 Å². The van der Waals surface area contributed by atoms with Crippen LogP contribution in [0.25, 0.3) is 42.4 Å². The van der Waals surface area contributed by atoms with Gasteiger partial charge >= 0.3 is 0 Å². The monoisotopic (exact) mass is 355 g/mol. The number of thiophene rings is 2. The average molecular weight is 356 g/mol. The van der Waals surface area contributed by atoms with E-state index in [9.17, 15) is 0 Å². The molecule has 0 aliphatic carbocycles. The summed E-state index contributed by atoms with van der Waals surface area (Å²) in [5, 5.41) is 7.14. The normalized spacial score (nSPS) is 11.4. The Morgan fingerprint density at radius 3 is 1.68 bits per heavy atom. The summed E-state index contributed by atoms with van der Waals surface area (Å²) >= 11 is 3.61. The molecule has 5 aromatic rings. The third kappa shape index (κ3) is 2.50. The van der Waals surface area contributed by atoms with Crippen LogP contribution in [0.2, 0.25) is 0 Å². The van der Waals surface area contributed by atoms with Gasteiger partial charge in [0, 0.05) is 31.3 Å². The van der Waals surface area contributed by atoms with E-state index in [4.69, 9.17) is 0 Å². The van der Waals surface area contributed by atoms with Crippen LogP contribution in [0.1, 0.15) is 5.56 Å². The Kier molecular flexibility index (Phi) is 3.47. The van der Waals surface area contributed by atoms with Crippen LogP contribution in [0.5, 0.6) is 0 Å². The minimum atomic E-state index is 1.18. The minimum Gasteiger partial charge on any atom is -0.143 e. The van der Waals surface area contributed by atoms with Gasteiger partial charge in [-0.3, -0.25) is 0 Å². The molecule has 0 aliphatic rings. The topological polar surface area (TPSA) is 0 Å². The highest BCUT2D eigenvalue weighted by atomic mass is 32.1. The Hall–Kier alpha value is -2.42. The van der Waals surface area contributed by atoms with E-state index in [2.05, 4.69) is 84.4 Å². The van der Waals surface area contributed by atoms with Gasteiger partial charge in [0.15, 0.2) is 0 Å². The van der Waals surface area contributed by atoms with E-state index in [1.54, 1.807) is 22.7 Å². The number of hydrogen-bond donors (Lipinski definition) is 0. The van der Waals surface area contributed by atoms with Crippen molar-refractivity contribution in [2.75, 3.05) is 0 Å². The Morgan fingerprint density at radius 2 is 1.16 bits per heavy atom. The van der Waals surface area contributed by atoms with E-state index in [0.717, 1.165) is 0 Å². The van der Waals surface area contributed by atoms with E-state index in [0.29, 0.717) is 0 Å². The van der Waals surface area contributed by atoms with Gasteiger partial charge in [0.2, 0.25) is 0 Å². The maximum Gasteiger partial charge on any atom is 0.0349 e. The van der Waals surface area contributed by atoms with Crippen LogP contribution in [0.15, 0.2) is 71.4 Å². The first kappa shape index (κ1) is 14.9. The predicted molar refractivity (Wildman–Crippen MR) is 112 cm³/mol. The predicted octanol–water partition coefficient (Wildman–Crippen LogP) is 7.56. The summed E-state index contributed by atoms with van der Waals surface area (Å²) in [7, 11) is 0. The van der Waals surface area contributed by atoms with Crippen molar-refractivity contribution in [1.82, 2.24) is 0 Å². The maximum atomic E-state index is 3.69. The van der Waals surface area contributed by atoms with E-state index in [1.165, 1.54) is 48.0 Å². The lowest BCUT2D eigenvalue weighted by Gasteiger charge is -2.07. The van der Waals surface area contributed by atoms with E-state index < -0.39 is 0 Å². The highest BCUT2D eigenvalue weighted by molar-refractivity contribution is 7.18. The molecule has 2 aromatic heterocycles. The third-order valence-electron chi connectivity index (χ3n) is 4.56. The SMILES string of the molecule is Cc1cc(-c2csc3ccccc23)[c]c(-c2csc3ccccc23)c1. The summed E-state index contributed by atoms with van der Waals surface area (Å²) < 4.78 is 2.66. The molecule has 0 spiro atoms. The molecule has 25 heavy (non-hydrogen) atoms. The molecule has 0 saturated heterocycles. The summed E-state index contributed by atoms with van der Waals surface area (Å²) in [6, 6.07) is 25.4. The number of fused-ring (bicyclic) bond motifs is 2. The second-order valence-electron chi connectivity index (χ2n) is 6.28. The average Bonchev–Trinajstić information content (AvgIpc) is 3.25. The van der Waals surface area contributed by atoms with Crippen molar-refractivity contribution < 1.29 is 0 Å². The van der Waals surface area contributed by atoms with Crippen LogP contribution in [-0.2, 0) is 0 Å².